The molecule has 0 atom stereocenters. The normalized spacial score (nSPS) is 15.0. The Kier molecular flexibility index (Phi) is 3.71. The Morgan fingerprint density at radius 3 is 3.00 bits per heavy atom. The largest absolute Gasteiger partial charge is 0.309 e. The molecule has 1 heterocycles. The van der Waals surface area contributed by atoms with Crippen LogP contribution in [0, 0.1) is 0 Å². The minimum atomic E-state index is 0.734. The van der Waals surface area contributed by atoms with Crippen LogP contribution in [0.15, 0.2) is 28.9 Å². The number of nitrogens with zero attached hydrogens (tertiary/aromatic N) is 1. The van der Waals surface area contributed by atoms with Gasteiger partial charge < -0.3 is 5.32 Å². The summed E-state index contributed by atoms with van der Waals surface area (Å²) in [6.45, 7) is 0.924. The van der Waals surface area contributed by atoms with Gasteiger partial charge in [0.05, 0.1) is 0 Å². The Labute approximate surface area is 124 Å². The van der Waals surface area contributed by atoms with Crippen molar-refractivity contribution in [2.45, 2.75) is 25.4 Å². The third-order valence-electron chi connectivity index (χ3n) is 2.86. The van der Waals surface area contributed by atoms with E-state index in [0.29, 0.717) is 0 Å². The van der Waals surface area contributed by atoms with Crippen molar-refractivity contribution in [1.82, 2.24) is 10.3 Å². The van der Waals surface area contributed by atoms with Gasteiger partial charge in [-0.1, -0.05) is 27.5 Å². The summed E-state index contributed by atoms with van der Waals surface area (Å²) in [5, 5.41) is 5.27. The Morgan fingerprint density at radius 2 is 2.28 bits per heavy atom. The number of benzene rings is 1. The molecule has 0 radical (unpaired) electrons. The van der Waals surface area contributed by atoms with Gasteiger partial charge in [-0.3, -0.25) is 0 Å². The maximum Gasteiger partial charge on any atom is 0.124 e. The van der Waals surface area contributed by atoms with Crippen LogP contribution >= 0.6 is 38.9 Å². The van der Waals surface area contributed by atoms with Crippen molar-refractivity contribution in [2.24, 2.45) is 0 Å². The molecule has 3 rings (SSSR count). The first-order valence-corrected chi connectivity index (χ1v) is 7.84. The van der Waals surface area contributed by atoms with Crippen LogP contribution in [0.25, 0.3) is 10.6 Å². The monoisotopic (exact) mass is 342 g/mol. The van der Waals surface area contributed by atoms with E-state index in [1.807, 2.05) is 24.4 Å². The Morgan fingerprint density at radius 1 is 1.44 bits per heavy atom. The molecular formula is C13H12BrClN2S. The predicted octanol–water partition coefficient (Wildman–Crippen LogP) is 4.48. The second-order valence-electron chi connectivity index (χ2n) is 4.41. The molecule has 0 spiro atoms. The van der Waals surface area contributed by atoms with Gasteiger partial charge in [-0.25, -0.2) is 4.98 Å². The van der Waals surface area contributed by atoms with E-state index < -0.39 is 0 Å². The van der Waals surface area contributed by atoms with Crippen molar-refractivity contribution >= 4 is 38.9 Å². The molecule has 0 aliphatic heterocycles. The zero-order chi connectivity index (χ0) is 12.5. The van der Waals surface area contributed by atoms with Crippen molar-refractivity contribution in [3.8, 4) is 10.6 Å². The van der Waals surface area contributed by atoms with E-state index in [-0.39, 0.29) is 0 Å². The van der Waals surface area contributed by atoms with E-state index in [1.165, 1.54) is 17.7 Å². The molecule has 0 unspecified atom stereocenters. The van der Waals surface area contributed by atoms with Gasteiger partial charge in [-0.05, 0) is 31.0 Å². The fraction of sp³-hybridized carbons (Fsp3) is 0.308. The number of halogens is 2. The highest BCUT2D eigenvalue weighted by Crippen LogP contribution is 2.33. The van der Waals surface area contributed by atoms with Crippen LogP contribution in [-0.4, -0.2) is 11.0 Å². The van der Waals surface area contributed by atoms with Gasteiger partial charge in [-0.2, -0.15) is 0 Å². The van der Waals surface area contributed by atoms with Crippen LogP contribution in [0.3, 0.4) is 0 Å². The zero-order valence-electron chi connectivity index (χ0n) is 9.62. The molecule has 1 aliphatic carbocycles. The molecule has 1 saturated carbocycles. The standard InChI is InChI=1S/C13H12BrClN2S/c14-12-5-8(15)1-4-11(12)13-17-7-10(18-13)6-16-9-2-3-9/h1,4-5,7,9,16H,2-3,6H2. The van der Waals surface area contributed by atoms with Gasteiger partial charge >= 0.3 is 0 Å². The van der Waals surface area contributed by atoms with Crippen molar-refractivity contribution in [3.05, 3.63) is 38.8 Å². The second kappa shape index (κ2) is 5.29. The summed E-state index contributed by atoms with van der Waals surface area (Å²) in [6, 6.07) is 6.53. The molecule has 0 amide bonds. The maximum atomic E-state index is 5.94. The van der Waals surface area contributed by atoms with Gasteiger partial charge in [-0.15, -0.1) is 11.3 Å². The van der Waals surface area contributed by atoms with Gasteiger partial charge in [0.1, 0.15) is 5.01 Å². The van der Waals surface area contributed by atoms with Crippen molar-refractivity contribution in [1.29, 1.82) is 0 Å². The highest BCUT2D eigenvalue weighted by molar-refractivity contribution is 9.10. The first kappa shape index (κ1) is 12.6. The molecule has 18 heavy (non-hydrogen) atoms. The summed E-state index contributed by atoms with van der Waals surface area (Å²) >= 11 is 11.2. The van der Waals surface area contributed by atoms with Gasteiger partial charge in [0, 0.05) is 38.7 Å². The lowest BCUT2D eigenvalue weighted by molar-refractivity contribution is 0.694. The highest BCUT2D eigenvalue weighted by Gasteiger charge is 2.20. The molecule has 1 aliphatic rings. The van der Waals surface area contributed by atoms with Gasteiger partial charge in [0.15, 0.2) is 0 Å². The Balaban J connectivity index is 1.78. The maximum absolute atomic E-state index is 5.94. The summed E-state index contributed by atoms with van der Waals surface area (Å²) in [5.74, 6) is 0. The van der Waals surface area contributed by atoms with Gasteiger partial charge in [0.25, 0.3) is 0 Å². The first-order valence-electron chi connectivity index (χ1n) is 5.86. The number of nitrogens with one attached hydrogen (secondary N) is 1. The van der Waals surface area contributed by atoms with Crippen molar-refractivity contribution in [2.75, 3.05) is 0 Å². The molecule has 2 aromatic rings. The summed E-state index contributed by atoms with van der Waals surface area (Å²) in [4.78, 5) is 5.76. The third kappa shape index (κ3) is 2.94. The lowest BCUT2D eigenvalue weighted by Gasteiger charge is -2.01. The molecule has 2 nitrogen and oxygen atoms in total. The second-order valence-corrected chi connectivity index (χ2v) is 6.82. The molecule has 94 valence electrons. The average molecular weight is 344 g/mol. The fourth-order valence-electron chi connectivity index (χ4n) is 1.71. The minimum Gasteiger partial charge on any atom is -0.309 e. The molecule has 5 heteroatoms. The highest BCUT2D eigenvalue weighted by atomic mass is 79.9. The molecule has 0 bridgehead atoms. The van der Waals surface area contributed by atoms with E-state index in [4.69, 9.17) is 11.6 Å². The quantitative estimate of drug-likeness (QED) is 0.885. The first-order chi connectivity index (χ1) is 8.72. The molecule has 1 N–H and O–H groups in total. The van der Waals surface area contributed by atoms with E-state index in [0.717, 1.165) is 32.7 Å². The number of hydrogen-bond donors (Lipinski definition) is 1. The average Bonchev–Trinajstić information content (AvgIpc) is 3.05. The SMILES string of the molecule is Clc1ccc(-c2ncc(CNC3CC3)s2)c(Br)c1. The smallest absolute Gasteiger partial charge is 0.124 e. The van der Waals surface area contributed by atoms with Crippen LogP contribution in [0.2, 0.25) is 5.02 Å². The number of aromatic nitrogens is 1. The van der Waals surface area contributed by atoms with Crippen LogP contribution in [0.4, 0.5) is 0 Å². The predicted molar refractivity (Wildman–Crippen MR) is 80.1 cm³/mol. The molecular weight excluding hydrogens is 332 g/mol. The molecule has 1 fully saturated rings. The summed E-state index contributed by atoms with van der Waals surface area (Å²) in [7, 11) is 0. The summed E-state index contributed by atoms with van der Waals surface area (Å²) in [5.41, 5.74) is 1.10. The van der Waals surface area contributed by atoms with E-state index in [9.17, 15) is 0 Å². The fourth-order valence-corrected chi connectivity index (χ4v) is 3.61. The lowest BCUT2D eigenvalue weighted by Crippen LogP contribution is -2.14. The Bertz CT molecular complexity index is 566. The zero-order valence-corrected chi connectivity index (χ0v) is 12.8. The van der Waals surface area contributed by atoms with E-state index >= 15 is 0 Å². The minimum absolute atomic E-state index is 0.734. The van der Waals surface area contributed by atoms with E-state index in [1.54, 1.807) is 11.3 Å². The van der Waals surface area contributed by atoms with Crippen molar-refractivity contribution in [3.63, 3.8) is 0 Å². The number of rotatable bonds is 4. The van der Waals surface area contributed by atoms with Gasteiger partial charge in [0.2, 0.25) is 0 Å². The lowest BCUT2D eigenvalue weighted by atomic mass is 10.2. The van der Waals surface area contributed by atoms with Crippen LogP contribution in [0.1, 0.15) is 17.7 Å². The number of hydrogen-bond acceptors (Lipinski definition) is 3. The molecule has 1 aromatic carbocycles. The van der Waals surface area contributed by atoms with Crippen LogP contribution < -0.4 is 5.32 Å². The topological polar surface area (TPSA) is 24.9 Å². The van der Waals surface area contributed by atoms with Crippen LogP contribution in [0.5, 0.6) is 0 Å². The molecule has 0 saturated heterocycles. The third-order valence-corrected chi connectivity index (χ3v) is 4.78. The molecule has 1 aromatic heterocycles. The van der Waals surface area contributed by atoms with E-state index in [2.05, 4.69) is 26.2 Å². The number of thiazole rings is 1. The van der Waals surface area contributed by atoms with Crippen LogP contribution in [-0.2, 0) is 6.54 Å². The summed E-state index contributed by atoms with van der Waals surface area (Å²) < 4.78 is 0.992. The Hall–Kier alpha value is -0.420. The van der Waals surface area contributed by atoms with Crippen molar-refractivity contribution < 1.29 is 0 Å². The summed E-state index contributed by atoms with van der Waals surface area (Å²) in [6.07, 6.45) is 4.58.